The van der Waals surface area contributed by atoms with Gasteiger partial charge in [-0.25, -0.2) is 0 Å². The monoisotopic (exact) mass is 495 g/mol. The lowest BCUT2D eigenvalue weighted by molar-refractivity contribution is 0.590. The van der Waals surface area contributed by atoms with E-state index < -0.39 is 0 Å². The standard InChI is InChI=1S/C30H33N5S/c1-20-9-15-24(16-10-20)35-28(26(31)17-22-18-32-27-8-6-5-7-25(22)27)33-34-29(35)36-19-21-11-13-23(14-12-21)30(2,3)4/h5-16,18,26,32H,17,19,31H2,1-4H3. The molecule has 0 bridgehead atoms. The van der Waals surface area contributed by atoms with Gasteiger partial charge >= 0.3 is 0 Å². The molecule has 3 N–H and O–H groups in total. The fourth-order valence-corrected chi connectivity index (χ4v) is 5.34. The largest absolute Gasteiger partial charge is 0.361 e. The highest BCUT2D eigenvalue weighted by Gasteiger charge is 2.22. The summed E-state index contributed by atoms with van der Waals surface area (Å²) in [6.45, 7) is 8.81. The Labute approximate surface area is 217 Å². The Morgan fingerprint density at radius 3 is 2.39 bits per heavy atom. The van der Waals surface area contributed by atoms with Gasteiger partial charge in [-0.15, -0.1) is 10.2 Å². The summed E-state index contributed by atoms with van der Waals surface area (Å²) in [6, 6.07) is 25.4. The van der Waals surface area contributed by atoms with E-state index in [4.69, 9.17) is 5.73 Å². The third-order valence-electron chi connectivity index (χ3n) is 6.58. The lowest BCUT2D eigenvalue weighted by Gasteiger charge is -2.19. The Morgan fingerprint density at radius 2 is 1.67 bits per heavy atom. The summed E-state index contributed by atoms with van der Waals surface area (Å²) in [4.78, 5) is 3.35. The van der Waals surface area contributed by atoms with E-state index in [1.54, 1.807) is 11.8 Å². The van der Waals surface area contributed by atoms with Crippen LogP contribution in [0.25, 0.3) is 16.6 Å². The number of nitrogens with two attached hydrogens (primary N) is 1. The highest BCUT2D eigenvalue weighted by Crippen LogP contribution is 2.30. The molecule has 2 aromatic heterocycles. The average Bonchev–Trinajstić information content (AvgIpc) is 3.47. The van der Waals surface area contributed by atoms with E-state index in [2.05, 4.69) is 114 Å². The quantitative estimate of drug-likeness (QED) is 0.241. The first kappa shape index (κ1) is 24.3. The summed E-state index contributed by atoms with van der Waals surface area (Å²) < 4.78 is 2.12. The predicted octanol–water partition coefficient (Wildman–Crippen LogP) is 6.89. The van der Waals surface area contributed by atoms with Gasteiger partial charge < -0.3 is 10.7 Å². The SMILES string of the molecule is Cc1ccc(-n2c(SCc3ccc(C(C)(C)C)cc3)nnc2C(N)Cc2c[nH]c3ccccc23)cc1. The second-order valence-electron chi connectivity index (χ2n) is 10.4. The number of rotatable bonds is 7. The van der Waals surface area contributed by atoms with Crippen molar-refractivity contribution in [1.29, 1.82) is 0 Å². The smallest absolute Gasteiger partial charge is 0.196 e. The summed E-state index contributed by atoms with van der Waals surface area (Å²) in [5.41, 5.74) is 14.1. The maximum absolute atomic E-state index is 6.78. The van der Waals surface area contributed by atoms with Gasteiger partial charge in [0.25, 0.3) is 0 Å². The van der Waals surface area contributed by atoms with Crippen molar-refractivity contribution in [3.8, 4) is 5.69 Å². The maximum Gasteiger partial charge on any atom is 0.196 e. The van der Waals surface area contributed by atoms with E-state index in [0.29, 0.717) is 6.42 Å². The van der Waals surface area contributed by atoms with Gasteiger partial charge in [-0.05, 0) is 53.6 Å². The minimum atomic E-state index is -0.293. The van der Waals surface area contributed by atoms with Gasteiger partial charge in [0, 0.05) is 28.5 Å². The second-order valence-corrected chi connectivity index (χ2v) is 11.4. The number of benzene rings is 3. The van der Waals surface area contributed by atoms with Gasteiger partial charge in [-0.2, -0.15) is 0 Å². The first-order valence-electron chi connectivity index (χ1n) is 12.3. The highest BCUT2D eigenvalue weighted by molar-refractivity contribution is 7.98. The van der Waals surface area contributed by atoms with Crippen LogP contribution in [-0.4, -0.2) is 19.7 Å². The van der Waals surface area contributed by atoms with Crippen LogP contribution in [0.4, 0.5) is 0 Å². The van der Waals surface area contributed by atoms with Crippen molar-refractivity contribution in [2.24, 2.45) is 5.73 Å². The zero-order valence-electron chi connectivity index (χ0n) is 21.3. The fraction of sp³-hybridized carbons (Fsp3) is 0.267. The average molecular weight is 496 g/mol. The molecule has 1 unspecified atom stereocenters. The van der Waals surface area contributed by atoms with Crippen LogP contribution in [0.15, 0.2) is 84.1 Å². The van der Waals surface area contributed by atoms with Gasteiger partial charge in [-0.3, -0.25) is 4.57 Å². The second kappa shape index (κ2) is 9.96. The fourth-order valence-electron chi connectivity index (χ4n) is 4.43. The van der Waals surface area contributed by atoms with Crippen molar-refractivity contribution in [2.45, 2.75) is 56.5 Å². The number of aromatic nitrogens is 4. The van der Waals surface area contributed by atoms with E-state index in [9.17, 15) is 0 Å². The number of H-pyrrole nitrogens is 1. The Bertz CT molecular complexity index is 1460. The van der Waals surface area contributed by atoms with Gasteiger partial charge in [-0.1, -0.05) is 92.7 Å². The molecule has 184 valence electrons. The van der Waals surface area contributed by atoms with Crippen LogP contribution < -0.4 is 5.73 Å². The molecular formula is C30H33N5S. The Balaban J connectivity index is 1.43. The number of para-hydroxylation sites is 1. The van der Waals surface area contributed by atoms with Crippen LogP contribution in [0, 0.1) is 6.92 Å². The molecule has 0 fully saturated rings. The van der Waals surface area contributed by atoms with Crippen LogP contribution in [0.1, 0.15) is 54.9 Å². The maximum atomic E-state index is 6.78. The molecule has 0 aliphatic rings. The zero-order chi connectivity index (χ0) is 25.3. The molecule has 0 saturated carbocycles. The number of fused-ring (bicyclic) bond motifs is 1. The molecule has 0 aliphatic carbocycles. The van der Waals surface area contributed by atoms with E-state index in [1.807, 2.05) is 12.3 Å². The molecule has 6 heteroatoms. The first-order chi connectivity index (χ1) is 17.3. The summed E-state index contributed by atoms with van der Waals surface area (Å²) >= 11 is 1.69. The molecular weight excluding hydrogens is 462 g/mol. The molecule has 5 aromatic rings. The third-order valence-corrected chi connectivity index (χ3v) is 7.58. The first-order valence-corrected chi connectivity index (χ1v) is 13.3. The number of hydrogen-bond donors (Lipinski definition) is 2. The summed E-state index contributed by atoms with van der Waals surface area (Å²) in [7, 11) is 0. The minimum Gasteiger partial charge on any atom is -0.361 e. The van der Waals surface area contributed by atoms with Crippen LogP contribution in [0.3, 0.4) is 0 Å². The number of aromatic amines is 1. The lowest BCUT2D eigenvalue weighted by atomic mass is 9.87. The van der Waals surface area contributed by atoms with Crippen molar-refractivity contribution < 1.29 is 0 Å². The van der Waals surface area contributed by atoms with Gasteiger partial charge in [0.1, 0.15) is 0 Å². The number of aryl methyl sites for hydroxylation is 1. The third kappa shape index (κ3) is 5.11. The summed E-state index contributed by atoms with van der Waals surface area (Å²) in [5.74, 6) is 1.58. The molecule has 5 rings (SSSR count). The van der Waals surface area contributed by atoms with E-state index in [-0.39, 0.29) is 11.5 Å². The molecule has 2 heterocycles. The number of hydrogen-bond acceptors (Lipinski definition) is 4. The van der Waals surface area contributed by atoms with Crippen molar-refractivity contribution >= 4 is 22.7 Å². The molecule has 3 aromatic carbocycles. The Kier molecular flexibility index (Phi) is 6.73. The topological polar surface area (TPSA) is 72.5 Å². The number of nitrogens with one attached hydrogen (secondary N) is 1. The summed E-state index contributed by atoms with van der Waals surface area (Å²) in [6.07, 6.45) is 2.72. The highest BCUT2D eigenvalue weighted by atomic mass is 32.2. The Hall–Kier alpha value is -3.35. The molecule has 0 spiro atoms. The van der Waals surface area contributed by atoms with Gasteiger partial charge in [0.2, 0.25) is 0 Å². The van der Waals surface area contributed by atoms with Crippen LogP contribution in [0.5, 0.6) is 0 Å². The molecule has 1 atom stereocenters. The molecule has 0 radical (unpaired) electrons. The normalized spacial score (nSPS) is 12.8. The molecule has 0 aliphatic heterocycles. The minimum absolute atomic E-state index is 0.146. The van der Waals surface area contributed by atoms with Crippen LogP contribution in [-0.2, 0) is 17.6 Å². The zero-order valence-corrected chi connectivity index (χ0v) is 22.1. The molecule has 0 amide bonds. The van der Waals surface area contributed by atoms with E-state index in [0.717, 1.165) is 27.9 Å². The molecule has 0 saturated heterocycles. The van der Waals surface area contributed by atoms with E-state index >= 15 is 0 Å². The van der Waals surface area contributed by atoms with Crippen LogP contribution >= 0.6 is 11.8 Å². The Morgan fingerprint density at radius 1 is 0.944 bits per heavy atom. The van der Waals surface area contributed by atoms with Gasteiger partial charge in [0.15, 0.2) is 11.0 Å². The molecule has 5 nitrogen and oxygen atoms in total. The van der Waals surface area contributed by atoms with Gasteiger partial charge in [0.05, 0.1) is 6.04 Å². The van der Waals surface area contributed by atoms with Crippen molar-refractivity contribution in [3.05, 3.63) is 107 Å². The van der Waals surface area contributed by atoms with Crippen molar-refractivity contribution in [3.63, 3.8) is 0 Å². The van der Waals surface area contributed by atoms with E-state index in [1.165, 1.54) is 27.6 Å². The summed E-state index contributed by atoms with van der Waals surface area (Å²) in [5, 5.41) is 11.2. The van der Waals surface area contributed by atoms with Crippen LogP contribution in [0.2, 0.25) is 0 Å². The number of thioether (sulfide) groups is 1. The number of nitrogens with zero attached hydrogens (tertiary/aromatic N) is 3. The lowest BCUT2D eigenvalue weighted by Crippen LogP contribution is -2.18. The van der Waals surface area contributed by atoms with Crippen molar-refractivity contribution in [2.75, 3.05) is 0 Å². The molecule has 36 heavy (non-hydrogen) atoms. The van der Waals surface area contributed by atoms with Crippen molar-refractivity contribution in [1.82, 2.24) is 19.7 Å². The predicted molar refractivity (Wildman–Crippen MR) is 150 cm³/mol.